The Morgan fingerprint density at radius 3 is 2.30 bits per heavy atom. The number of rotatable bonds is 7. The van der Waals surface area contributed by atoms with Crippen LogP contribution < -0.4 is 19.5 Å². The molecule has 0 aliphatic carbocycles. The van der Waals surface area contributed by atoms with Gasteiger partial charge in [-0.1, -0.05) is 24.3 Å². The molecule has 23 heavy (non-hydrogen) atoms. The van der Waals surface area contributed by atoms with E-state index in [4.69, 9.17) is 14.2 Å². The maximum atomic E-state index is 12.4. The zero-order valence-electron chi connectivity index (χ0n) is 13.6. The Balaban J connectivity index is 2.03. The molecule has 2 aromatic carbocycles. The normalized spacial score (nSPS) is 10.0. The van der Waals surface area contributed by atoms with Crippen molar-refractivity contribution in [2.75, 3.05) is 27.9 Å². The molecular formula is C18H21NO4. The third kappa shape index (κ3) is 3.94. The van der Waals surface area contributed by atoms with Crippen molar-refractivity contribution in [3.8, 4) is 17.2 Å². The fourth-order valence-corrected chi connectivity index (χ4v) is 2.38. The number of amides is 1. The van der Waals surface area contributed by atoms with Gasteiger partial charge in [0.25, 0.3) is 5.91 Å². The van der Waals surface area contributed by atoms with Crippen molar-refractivity contribution < 1.29 is 19.0 Å². The van der Waals surface area contributed by atoms with Crippen molar-refractivity contribution in [3.63, 3.8) is 0 Å². The molecule has 0 aliphatic rings. The molecule has 5 nitrogen and oxygen atoms in total. The number of carbonyl (C=O) groups is 1. The van der Waals surface area contributed by atoms with E-state index in [2.05, 4.69) is 5.32 Å². The number of hydrogen-bond acceptors (Lipinski definition) is 4. The highest BCUT2D eigenvalue weighted by atomic mass is 16.5. The van der Waals surface area contributed by atoms with E-state index in [1.165, 1.54) is 7.11 Å². The fraction of sp³-hybridized carbons (Fsp3) is 0.278. The van der Waals surface area contributed by atoms with Gasteiger partial charge in [-0.05, 0) is 30.2 Å². The second-order valence-corrected chi connectivity index (χ2v) is 4.86. The zero-order chi connectivity index (χ0) is 16.7. The van der Waals surface area contributed by atoms with E-state index < -0.39 is 0 Å². The molecule has 0 atom stereocenters. The van der Waals surface area contributed by atoms with Crippen molar-refractivity contribution in [2.24, 2.45) is 0 Å². The molecule has 1 N–H and O–H groups in total. The van der Waals surface area contributed by atoms with E-state index in [1.807, 2.05) is 24.3 Å². The lowest BCUT2D eigenvalue weighted by Gasteiger charge is -2.13. The van der Waals surface area contributed by atoms with Crippen LogP contribution in [0.1, 0.15) is 15.9 Å². The number of nitrogens with one attached hydrogen (secondary N) is 1. The Kier molecular flexibility index (Phi) is 5.86. The molecule has 0 bridgehead atoms. The number of methoxy groups -OCH3 is 3. The van der Waals surface area contributed by atoms with Gasteiger partial charge in [-0.15, -0.1) is 0 Å². The van der Waals surface area contributed by atoms with Crippen molar-refractivity contribution in [3.05, 3.63) is 53.6 Å². The lowest BCUT2D eigenvalue weighted by Crippen LogP contribution is -2.26. The van der Waals surface area contributed by atoms with E-state index in [-0.39, 0.29) is 5.91 Å². The second-order valence-electron chi connectivity index (χ2n) is 4.86. The summed E-state index contributed by atoms with van der Waals surface area (Å²) in [6.07, 6.45) is 0.683. The Morgan fingerprint density at radius 2 is 1.61 bits per heavy atom. The van der Waals surface area contributed by atoms with Gasteiger partial charge in [0.05, 0.1) is 26.9 Å². The van der Waals surface area contributed by atoms with E-state index in [1.54, 1.807) is 32.4 Å². The molecule has 0 aromatic heterocycles. The zero-order valence-corrected chi connectivity index (χ0v) is 13.6. The summed E-state index contributed by atoms with van der Waals surface area (Å²) in [5.74, 6) is 1.59. The molecule has 5 heteroatoms. The molecule has 122 valence electrons. The van der Waals surface area contributed by atoms with Crippen LogP contribution in [0.15, 0.2) is 42.5 Å². The summed E-state index contributed by atoms with van der Waals surface area (Å²) in [4.78, 5) is 12.4. The van der Waals surface area contributed by atoms with Gasteiger partial charge in [0.1, 0.15) is 5.75 Å². The molecule has 0 aliphatic heterocycles. The first-order valence-electron chi connectivity index (χ1n) is 7.32. The molecular weight excluding hydrogens is 294 g/mol. The van der Waals surface area contributed by atoms with Crippen LogP contribution in [0, 0.1) is 0 Å². The van der Waals surface area contributed by atoms with Crippen LogP contribution in [-0.2, 0) is 6.42 Å². The molecule has 1 amide bonds. The highest BCUT2D eigenvalue weighted by molar-refractivity contribution is 5.97. The largest absolute Gasteiger partial charge is 0.496 e. The van der Waals surface area contributed by atoms with Gasteiger partial charge in [0, 0.05) is 6.54 Å². The predicted molar refractivity (Wildman–Crippen MR) is 88.6 cm³/mol. The van der Waals surface area contributed by atoms with Gasteiger partial charge in [-0.25, -0.2) is 0 Å². The topological polar surface area (TPSA) is 56.8 Å². The second kappa shape index (κ2) is 8.08. The molecule has 0 saturated carbocycles. The summed E-state index contributed by atoms with van der Waals surface area (Å²) in [5, 5.41) is 2.89. The van der Waals surface area contributed by atoms with Crippen LogP contribution in [-0.4, -0.2) is 33.8 Å². The SMILES string of the molecule is COc1ccccc1CCNC(=O)c1cccc(OC)c1OC. The summed E-state index contributed by atoms with van der Waals surface area (Å²) in [5.41, 5.74) is 1.50. The maximum absolute atomic E-state index is 12.4. The Hall–Kier alpha value is -2.69. The minimum Gasteiger partial charge on any atom is -0.496 e. The standard InChI is InChI=1S/C18H21NO4/c1-21-15-9-5-4-7-13(15)11-12-19-18(20)14-8-6-10-16(22-2)17(14)23-3/h4-10H,11-12H2,1-3H3,(H,19,20). The number of ether oxygens (including phenoxy) is 3. The van der Waals surface area contributed by atoms with Crippen LogP contribution in [0.5, 0.6) is 17.2 Å². The van der Waals surface area contributed by atoms with Gasteiger partial charge in [0.15, 0.2) is 11.5 Å². The maximum Gasteiger partial charge on any atom is 0.255 e. The van der Waals surface area contributed by atoms with Gasteiger partial charge < -0.3 is 19.5 Å². The molecule has 0 radical (unpaired) electrons. The first kappa shape index (κ1) is 16.7. The van der Waals surface area contributed by atoms with Gasteiger partial charge in [0.2, 0.25) is 0 Å². The molecule has 2 aromatic rings. The summed E-state index contributed by atoms with van der Waals surface area (Å²) in [6.45, 7) is 0.500. The van der Waals surface area contributed by atoms with Gasteiger partial charge in [-0.3, -0.25) is 4.79 Å². The van der Waals surface area contributed by atoms with E-state index in [9.17, 15) is 4.79 Å². The van der Waals surface area contributed by atoms with Gasteiger partial charge in [-0.2, -0.15) is 0 Å². The molecule has 0 heterocycles. The molecule has 0 unspecified atom stereocenters. The first-order valence-corrected chi connectivity index (χ1v) is 7.32. The Morgan fingerprint density at radius 1 is 0.913 bits per heavy atom. The van der Waals surface area contributed by atoms with Crippen LogP contribution in [0.4, 0.5) is 0 Å². The van der Waals surface area contributed by atoms with Crippen LogP contribution in [0.3, 0.4) is 0 Å². The molecule has 0 fully saturated rings. The third-order valence-corrected chi connectivity index (χ3v) is 3.52. The fourth-order valence-electron chi connectivity index (χ4n) is 2.38. The first-order chi connectivity index (χ1) is 11.2. The molecule has 0 spiro atoms. The lowest BCUT2D eigenvalue weighted by atomic mass is 10.1. The molecule has 2 rings (SSSR count). The predicted octanol–water partition coefficient (Wildman–Crippen LogP) is 2.68. The minimum atomic E-state index is -0.198. The van der Waals surface area contributed by atoms with E-state index in [0.29, 0.717) is 30.0 Å². The smallest absolute Gasteiger partial charge is 0.255 e. The quantitative estimate of drug-likeness (QED) is 0.853. The average molecular weight is 315 g/mol. The van der Waals surface area contributed by atoms with Crippen molar-refractivity contribution in [1.29, 1.82) is 0 Å². The third-order valence-electron chi connectivity index (χ3n) is 3.52. The number of carbonyl (C=O) groups excluding carboxylic acids is 1. The number of para-hydroxylation sites is 2. The van der Waals surface area contributed by atoms with E-state index in [0.717, 1.165) is 11.3 Å². The van der Waals surface area contributed by atoms with E-state index >= 15 is 0 Å². The summed E-state index contributed by atoms with van der Waals surface area (Å²) in [6, 6.07) is 13.0. The van der Waals surface area contributed by atoms with Gasteiger partial charge >= 0.3 is 0 Å². The van der Waals surface area contributed by atoms with Crippen molar-refractivity contribution in [2.45, 2.75) is 6.42 Å². The Labute approximate surface area is 136 Å². The highest BCUT2D eigenvalue weighted by Crippen LogP contribution is 2.30. The van der Waals surface area contributed by atoms with Crippen molar-refractivity contribution >= 4 is 5.91 Å². The summed E-state index contributed by atoms with van der Waals surface area (Å²) in [7, 11) is 4.70. The number of hydrogen-bond donors (Lipinski definition) is 1. The van der Waals surface area contributed by atoms with Crippen molar-refractivity contribution in [1.82, 2.24) is 5.32 Å². The van der Waals surface area contributed by atoms with Crippen LogP contribution in [0.25, 0.3) is 0 Å². The van der Waals surface area contributed by atoms with Crippen LogP contribution >= 0.6 is 0 Å². The highest BCUT2D eigenvalue weighted by Gasteiger charge is 2.16. The summed E-state index contributed by atoms with van der Waals surface area (Å²) < 4.78 is 15.8. The average Bonchev–Trinajstić information content (AvgIpc) is 2.61. The summed E-state index contributed by atoms with van der Waals surface area (Å²) >= 11 is 0. The van der Waals surface area contributed by atoms with Crippen LogP contribution in [0.2, 0.25) is 0 Å². The molecule has 0 saturated heterocycles. The Bertz CT molecular complexity index is 670. The number of benzene rings is 2. The lowest BCUT2D eigenvalue weighted by molar-refractivity contribution is 0.0950. The monoisotopic (exact) mass is 315 g/mol. The minimum absolute atomic E-state index is 0.198.